The minimum absolute atomic E-state index is 0.00622. The van der Waals surface area contributed by atoms with Gasteiger partial charge in [0.2, 0.25) is 0 Å². The van der Waals surface area contributed by atoms with E-state index < -0.39 is 15.9 Å². The van der Waals surface area contributed by atoms with Crippen LogP contribution in [0.5, 0.6) is 0 Å². The minimum Gasteiger partial charge on any atom is -0.268 e. The molecule has 2 aromatic rings. The molecule has 1 aromatic heterocycles. The van der Waals surface area contributed by atoms with E-state index in [1.807, 2.05) is 4.72 Å². The molecule has 0 unspecified atom stereocenters. The van der Waals surface area contributed by atoms with Crippen molar-refractivity contribution in [3.63, 3.8) is 0 Å². The summed E-state index contributed by atoms with van der Waals surface area (Å²) < 4.78 is 26.3. The first-order valence-electron chi connectivity index (χ1n) is 5.85. The monoisotopic (exact) mass is 378 g/mol. The Bertz CT molecular complexity index is 854. The van der Waals surface area contributed by atoms with Gasteiger partial charge in [0, 0.05) is 11.2 Å². The smallest absolute Gasteiger partial charge is 0.266 e. The molecule has 0 aliphatic heterocycles. The van der Waals surface area contributed by atoms with Crippen LogP contribution in [0.3, 0.4) is 0 Å². The number of hydrogen-bond donors (Lipinski definition) is 1. The zero-order valence-corrected chi connectivity index (χ0v) is 14.2. The van der Waals surface area contributed by atoms with Gasteiger partial charge in [0.25, 0.3) is 15.9 Å². The van der Waals surface area contributed by atoms with E-state index in [1.54, 1.807) is 6.92 Å². The number of hydrogen-bond acceptors (Lipinski definition) is 4. The lowest BCUT2D eigenvalue weighted by molar-refractivity contribution is 0.0981. The molecule has 0 aliphatic carbocycles. The highest BCUT2D eigenvalue weighted by Crippen LogP contribution is 2.22. The number of sulfonamides is 1. The molecule has 0 spiro atoms. The van der Waals surface area contributed by atoms with Crippen LogP contribution in [0.4, 0.5) is 0 Å². The molecule has 0 bridgehead atoms. The molecule has 9 heteroatoms. The van der Waals surface area contributed by atoms with Crippen LogP contribution in [0.15, 0.2) is 35.4 Å². The van der Waals surface area contributed by atoms with E-state index in [9.17, 15) is 13.2 Å². The molecule has 0 aliphatic rings. The largest absolute Gasteiger partial charge is 0.268 e. The van der Waals surface area contributed by atoms with Crippen molar-refractivity contribution >= 4 is 50.7 Å². The summed E-state index contributed by atoms with van der Waals surface area (Å²) in [5, 5.41) is 0.568. The van der Waals surface area contributed by atoms with Crippen molar-refractivity contribution in [3.05, 3.63) is 56.8 Å². The molecule has 1 heterocycles. The summed E-state index contributed by atoms with van der Waals surface area (Å²) in [5.41, 5.74) is 0.467. The zero-order chi connectivity index (χ0) is 16.5. The number of nitrogens with zero attached hydrogens (tertiary/aromatic N) is 1. The lowest BCUT2D eigenvalue weighted by atomic mass is 10.2. The van der Waals surface area contributed by atoms with Crippen LogP contribution in [-0.2, 0) is 10.0 Å². The molecule has 5 nitrogen and oxygen atoms in total. The molecule has 116 valence electrons. The Balaban J connectivity index is 2.31. The molecule has 2 rings (SSSR count). The van der Waals surface area contributed by atoms with Crippen LogP contribution in [-0.4, -0.2) is 19.3 Å². The second-order valence-electron chi connectivity index (χ2n) is 4.34. The van der Waals surface area contributed by atoms with Gasteiger partial charge in [-0.25, -0.2) is 18.1 Å². The first kappa shape index (κ1) is 17.0. The topological polar surface area (TPSA) is 76.1 Å². The van der Waals surface area contributed by atoms with Gasteiger partial charge in [0.05, 0.1) is 10.6 Å². The number of amides is 1. The molecular weight excluding hydrogens is 371 g/mol. The fourth-order valence-electron chi connectivity index (χ4n) is 1.59. The zero-order valence-electron chi connectivity index (χ0n) is 11.1. The first-order valence-corrected chi connectivity index (χ1v) is 8.47. The van der Waals surface area contributed by atoms with Crippen LogP contribution >= 0.6 is 34.8 Å². The molecule has 0 saturated carbocycles. The van der Waals surface area contributed by atoms with Crippen LogP contribution < -0.4 is 4.72 Å². The summed E-state index contributed by atoms with van der Waals surface area (Å²) in [6.45, 7) is 1.60. The van der Waals surface area contributed by atoms with Crippen molar-refractivity contribution in [1.82, 2.24) is 9.71 Å². The maximum atomic E-state index is 12.2. The summed E-state index contributed by atoms with van der Waals surface area (Å²) in [4.78, 5) is 15.6. The third-order valence-corrected chi connectivity index (χ3v) is 4.94. The van der Waals surface area contributed by atoms with Gasteiger partial charge in [0.15, 0.2) is 0 Å². The van der Waals surface area contributed by atoms with Crippen LogP contribution in [0, 0.1) is 6.92 Å². The number of aryl methyl sites for hydroxylation is 1. The van der Waals surface area contributed by atoms with Crippen molar-refractivity contribution in [1.29, 1.82) is 0 Å². The Hall–Kier alpha value is -1.34. The predicted molar refractivity (Wildman–Crippen MR) is 85.1 cm³/mol. The van der Waals surface area contributed by atoms with Crippen LogP contribution in [0.1, 0.15) is 15.9 Å². The van der Waals surface area contributed by atoms with E-state index in [1.165, 1.54) is 24.3 Å². The van der Waals surface area contributed by atoms with Gasteiger partial charge in [-0.3, -0.25) is 4.79 Å². The average molecular weight is 380 g/mol. The molecule has 1 amide bonds. The van der Waals surface area contributed by atoms with Crippen molar-refractivity contribution < 1.29 is 13.2 Å². The summed E-state index contributed by atoms with van der Waals surface area (Å²) >= 11 is 17.3. The second kappa shape index (κ2) is 6.42. The Morgan fingerprint density at radius 1 is 1.18 bits per heavy atom. The van der Waals surface area contributed by atoms with Crippen molar-refractivity contribution in [2.24, 2.45) is 0 Å². The summed E-state index contributed by atoms with van der Waals surface area (Å²) in [6, 6.07) is 5.43. The van der Waals surface area contributed by atoms with Gasteiger partial charge in [-0.1, -0.05) is 34.8 Å². The van der Waals surface area contributed by atoms with Gasteiger partial charge in [-0.2, -0.15) is 0 Å². The van der Waals surface area contributed by atoms with Crippen molar-refractivity contribution in [2.75, 3.05) is 0 Å². The van der Waals surface area contributed by atoms with Gasteiger partial charge >= 0.3 is 0 Å². The van der Waals surface area contributed by atoms with Gasteiger partial charge in [-0.15, -0.1) is 0 Å². The molecule has 0 atom stereocenters. The quantitative estimate of drug-likeness (QED) is 0.829. The lowest BCUT2D eigenvalue weighted by Gasteiger charge is -2.09. The standard InChI is InChI=1S/C13H9Cl3N2O3S/c1-7-4-9(6-17-12(7)16)22(20,21)18-13(19)10-3-2-8(14)5-11(10)15/h2-6H,1H3,(H,18,19). The normalized spacial score (nSPS) is 11.3. The molecule has 0 fully saturated rings. The number of halogens is 3. The van der Waals surface area contributed by atoms with E-state index in [-0.39, 0.29) is 20.6 Å². The van der Waals surface area contributed by atoms with Crippen molar-refractivity contribution in [3.8, 4) is 0 Å². The number of nitrogens with one attached hydrogen (secondary N) is 1. The number of carbonyl (C=O) groups is 1. The highest BCUT2D eigenvalue weighted by atomic mass is 35.5. The predicted octanol–water partition coefficient (Wildman–Crippen LogP) is 3.47. The fraction of sp³-hybridized carbons (Fsp3) is 0.0769. The number of benzene rings is 1. The van der Waals surface area contributed by atoms with Crippen molar-refractivity contribution in [2.45, 2.75) is 11.8 Å². The van der Waals surface area contributed by atoms with E-state index >= 15 is 0 Å². The van der Waals surface area contributed by atoms with Crippen LogP contribution in [0.2, 0.25) is 15.2 Å². The number of carbonyl (C=O) groups excluding carboxylic acids is 1. The van der Waals surface area contributed by atoms with E-state index in [0.29, 0.717) is 10.6 Å². The molecule has 22 heavy (non-hydrogen) atoms. The minimum atomic E-state index is -4.09. The number of rotatable bonds is 3. The molecule has 1 aromatic carbocycles. The summed E-state index contributed by atoms with van der Waals surface area (Å²) in [7, 11) is -4.09. The van der Waals surface area contributed by atoms with E-state index in [4.69, 9.17) is 34.8 Å². The Morgan fingerprint density at radius 2 is 1.86 bits per heavy atom. The number of aromatic nitrogens is 1. The van der Waals surface area contributed by atoms with Gasteiger partial charge in [-0.05, 0) is 36.8 Å². The summed E-state index contributed by atoms with van der Waals surface area (Å²) in [6.07, 6.45) is 1.06. The third-order valence-electron chi connectivity index (χ3n) is 2.70. The second-order valence-corrected chi connectivity index (χ2v) is 7.22. The summed E-state index contributed by atoms with van der Waals surface area (Å²) in [5.74, 6) is -0.866. The number of pyridine rings is 1. The fourth-order valence-corrected chi connectivity index (χ4v) is 3.18. The molecule has 0 saturated heterocycles. The molecular formula is C13H9Cl3N2O3S. The first-order chi connectivity index (χ1) is 10.2. The Kier molecular flexibility index (Phi) is 4.97. The third kappa shape index (κ3) is 3.70. The van der Waals surface area contributed by atoms with Crippen LogP contribution in [0.25, 0.3) is 0 Å². The molecule has 1 N–H and O–H groups in total. The SMILES string of the molecule is Cc1cc(S(=O)(=O)NC(=O)c2ccc(Cl)cc2Cl)cnc1Cl. The van der Waals surface area contributed by atoms with Gasteiger partial charge < -0.3 is 0 Å². The Labute approximate surface area is 142 Å². The van der Waals surface area contributed by atoms with E-state index in [0.717, 1.165) is 6.20 Å². The maximum absolute atomic E-state index is 12.2. The Morgan fingerprint density at radius 3 is 2.45 bits per heavy atom. The maximum Gasteiger partial charge on any atom is 0.266 e. The lowest BCUT2D eigenvalue weighted by Crippen LogP contribution is -2.31. The highest BCUT2D eigenvalue weighted by Gasteiger charge is 2.21. The van der Waals surface area contributed by atoms with Gasteiger partial charge in [0.1, 0.15) is 10.0 Å². The highest BCUT2D eigenvalue weighted by molar-refractivity contribution is 7.90. The average Bonchev–Trinajstić information content (AvgIpc) is 2.40. The van der Waals surface area contributed by atoms with E-state index in [2.05, 4.69) is 4.98 Å². The molecule has 0 radical (unpaired) electrons.